The number of carbonyl (C=O) groups excluding carboxylic acids is 1. The number of piperidine rings is 1. The van der Waals surface area contributed by atoms with Crippen LogP contribution in [0.3, 0.4) is 0 Å². The number of hydrogen-bond acceptors (Lipinski definition) is 6. The van der Waals surface area contributed by atoms with E-state index in [0.29, 0.717) is 28.2 Å². The summed E-state index contributed by atoms with van der Waals surface area (Å²) in [5.41, 5.74) is 1.80. The lowest BCUT2D eigenvalue weighted by molar-refractivity contribution is -0.159. The zero-order valence-corrected chi connectivity index (χ0v) is 22.3. The Labute approximate surface area is 226 Å². The van der Waals surface area contributed by atoms with Gasteiger partial charge in [-0.1, -0.05) is 13.2 Å². The molecule has 2 fully saturated rings. The summed E-state index contributed by atoms with van der Waals surface area (Å²) in [6, 6.07) is 5.84. The van der Waals surface area contributed by atoms with Crippen LogP contribution in [-0.2, 0) is 26.0 Å². The summed E-state index contributed by atoms with van der Waals surface area (Å²) in [6.07, 6.45) is 8.50. The molecule has 39 heavy (non-hydrogen) atoms. The second kappa shape index (κ2) is 10.5. The van der Waals surface area contributed by atoms with Gasteiger partial charge in [-0.15, -0.1) is 0 Å². The molecule has 206 valence electrons. The standard InChI is InChI=1S/C28H30F2N4O4S/c1-3-25(14-20(2)32-11-4-5-12-32)39(36,37)33-13-10-22-15-26-21(16-28(22,18-33)27(35)38-19-29)17-31-34(26)24-8-6-23(30)7-9-24/h3,6-9,14-15,17H,1-2,4-5,10-13,16,18-19H2/b25-14+/t28-/m0/s1. The number of esters is 1. The molecule has 1 atom stereocenters. The fraction of sp³-hybridized carbons (Fsp3) is 0.357. The van der Waals surface area contributed by atoms with Gasteiger partial charge in [0, 0.05) is 31.9 Å². The van der Waals surface area contributed by atoms with E-state index in [0.717, 1.165) is 25.9 Å². The monoisotopic (exact) mass is 556 g/mol. The predicted octanol–water partition coefficient (Wildman–Crippen LogP) is 4.12. The highest BCUT2D eigenvalue weighted by Crippen LogP contribution is 2.46. The molecular formula is C28H30F2N4O4S. The number of ether oxygens (including phenoxy) is 1. The SMILES string of the molecule is C=C/C(=C\C(=C)N1CCCC1)S(=O)(=O)N1CCC2=Cc3c(cnn3-c3ccc(F)cc3)C[C@]2(C(=O)OCF)C1. The molecule has 3 heterocycles. The third-order valence-electron chi connectivity index (χ3n) is 7.69. The number of nitrogens with zero attached hydrogens (tertiary/aromatic N) is 4. The van der Waals surface area contributed by atoms with E-state index >= 15 is 0 Å². The van der Waals surface area contributed by atoms with Gasteiger partial charge in [-0.3, -0.25) is 4.79 Å². The lowest BCUT2D eigenvalue weighted by Gasteiger charge is -2.43. The van der Waals surface area contributed by atoms with Crippen molar-refractivity contribution in [2.45, 2.75) is 25.7 Å². The molecule has 0 saturated carbocycles. The van der Waals surface area contributed by atoms with Gasteiger partial charge in [-0.05, 0) is 79.3 Å². The number of carbonyl (C=O) groups is 1. The van der Waals surface area contributed by atoms with Gasteiger partial charge in [0.1, 0.15) is 11.2 Å². The molecule has 1 aromatic carbocycles. The lowest BCUT2D eigenvalue weighted by atomic mass is 9.69. The maximum atomic E-state index is 13.8. The van der Waals surface area contributed by atoms with E-state index in [1.807, 2.05) is 4.90 Å². The fourth-order valence-electron chi connectivity index (χ4n) is 5.61. The number of alkyl halides is 1. The third kappa shape index (κ3) is 4.85. The van der Waals surface area contributed by atoms with Crippen molar-refractivity contribution in [2.24, 2.45) is 5.41 Å². The van der Waals surface area contributed by atoms with Gasteiger partial charge in [0.05, 0.1) is 22.5 Å². The first-order valence-electron chi connectivity index (χ1n) is 12.7. The van der Waals surface area contributed by atoms with Crippen molar-refractivity contribution in [1.29, 1.82) is 0 Å². The van der Waals surface area contributed by atoms with Crippen molar-refractivity contribution < 1.29 is 26.7 Å². The van der Waals surface area contributed by atoms with Gasteiger partial charge in [0.15, 0.2) is 0 Å². The summed E-state index contributed by atoms with van der Waals surface area (Å²) >= 11 is 0. The van der Waals surface area contributed by atoms with Crippen LogP contribution in [0, 0.1) is 11.2 Å². The summed E-state index contributed by atoms with van der Waals surface area (Å²) in [5.74, 6) is -1.21. The molecule has 1 aromatic heterocycles. The Bertz CT molecular complexity index is 1470. The topological polar surface area (TPSA) is 84.7 Å². The van der Waals surface area contributed by atoms with E-state index in [1.165, 1.54) is 28.6 Å². The third-order valence-corrected chi connectivity index (χ3v) is 9.56. The average molecular weight is 557 g/mol. The van der Waals surface area contributed by atoms with E-state index < -0.39 is 28.3 Å². The van der Waals surface area contributed by atoms with Gasteiger partial charge >= 0.3 is 5.97 Å². The summed E-state index contributed by atoms with van der Waals surface area (Å²) in [5, 5.41) is 4.43. The first kappa shape index (κ1) is 27.0. The van der Waals surface area contributed by atoms with E-state index in [9.17, 15) is 22.0 Å². The van der Waals surface area contributed by atoms with Crippen molar-refractivity contribution in [3.63, 3.8) is 0 Å². The fourth-order valence-corrected chi connectivity index (χ4v) is 7.13. The quantitative estimate of drug-likeness (QED) is 0.359. The van der Waals surface area contributed by atoms with Crippen molar-refractivity contribution in [2.75, 3.05) is 33.0 Å². The Kier molecular flexibility index (Phi) is 7.30. The maximum Gasteiger partial charge on any atom is 0.320 e. The Morgan fingerprint density at radius 1 is 1.18 bits per heavy atom. The summed E-state index contributed by atoms with van der Waals surface area (Å²) in [4.78, 5) is 15.3. The second-order valence-corrected chi connectivity index (χ2v) is 11.9. The van der Waals surface area contributed by atoms with Crippen LogP contribution < -0.4 is 0 Å². The number of sulfonamides is 1. The molecular weight excluding hydrogens is 526 g/mol. The van der Waals surface area contributed by atoms with Crippen LogP contribution in [-0.4, -0.2) is 66.4 Å². The number of fused-ring (bicyclic) bond motifs is 2. The number of halogens is 2. The highest BCUT2D eigenvalue weighted by molar-refractivity contribution is 7.93. The van der Waals surface area contributed by atoms with Crippen molar-refractivity contribution in [3.05, 3.63) is 89.0 Å². The molecule has 0 unspecified atom stereocenters. The van der Waals surface area contributed by atoms with Crippen molar-refractivity contribution >= 4 is 22.1 Å². The largest absolute Gasteiger partial charge is 0.433 e. The average Bonchev–Trinajstić information content (AvgIpc) is 3.61. The highest BCUT2D eigenvalue weighted by Gasteiger charge is 2.52. The Hall–Kier alpha value is -3.57. The minimum Gasteiger partial charge on any atom is -0.433 e. The number of aromatic nitrogens is 2. The predicted molar refractivity (Wildman–Crippen MR) is 143 cm³/mol. The zero-order valence-electron chi connectivity index (χ0n) is 21.5. The number of benzene rings is 1. The minimum absolute atomic E-state index is 0.0125. The zero-order chi connectivity index (χ0) is 27.8. The molecule has 3 aliphatic rings. The van der Waals surface area contributed by atoms with E-state index in [4.69, 9.17) is 4.74 Å². The van der Waals surface area contributed by atoms with Crippen LogP contribution in [0.4, 0.5) is 8.78 Å². The Morgan fingerprint density at radius 2 is 1.90 bits per heavy atom. The molecule has 0 spiro atoms. The van der Waals surface area contributed by atoms with Crippen LogP contribution in [0.15, 0.2) is 71.9 Å². The van der Waals surface area contributed by atoms with Crippen LogP contribution in [0.5, 0.6) is 0 Å². The number of rotatable bonds is 8. The van der Waals surface area contributed by atoms with E-state index in [-0.39, 0.29) is 36.7 Å². The Balaban J connectivity index is 1.50. The highest BCUT2D eigenvalue weighted by atomic mass is 32.2. The van der Waals surface area contributed by atoms with Crippen LogP contribution in [0.25, 0.3) is 11.8 Å². The van der Waals surface area contributed by atoms with Gasteiger partial charge in [-0.25, -0.2) is 21.9 Å². The molecule has 0 radical (unpaired) electrons. The molecule has 0 bridgehead atoms. The summed E-state index contributed by atoms with van der Waals surface area (Å²) in [7, 11) is -4.05. The maximum absolute atomic E-state index is 13.8. The Morgan fingerprint density at radius 3 is 2.56 bits per heavy atom. The van der Waals surface area contributed by atoms with E-state index in [1.54, 1.807) is 29.1 Å². The van der Waals surface area contributed by atoms with Gasteiger partial charge in [0.25, 0.3) is 0 Å². The molecule has 1 aliphatic carbocycles. The number of hydrogen-bond donors (Lipinski definition) is 0. The molecule has 2 saturated heterocycles. The second-order valence-electron chi connectivity index (χ2n) is 9.94. The van der Waals surface area contributed by atoms with Gasteiger partial charge < -0.3 is 9.64 Å². The summed E-state index contributed by atoms with van der Waals surface area (Å²) < 4.78 is 62.0. The molecule has 5 rings (SSSR count). The number of allylic oxidation sites excluding steroid dienone is 2. The van der Waals surface area contributed by atoms with Crippen LogP contribution >= 0.6 is 0 Å². The van der Waals surface area contributed by atoms with Crippen molar-refractivity contribution in [1.82, 2.24) is 19.0 Å². The summed E-state index contributed by atoms with van der Waals surface area (Å²) in [6.45, 7) is 7.93. The van der Waals surface area contributed by atoms with Crippen molar-refractivity contribution in [3.8, 4) is 5.69 Å². The van der Waals surface area contributed by atoms with Crippen LogP contribution in [0.1, 0.15) is 30.5 Å². The van der Waals surface area contributed by atoms with Gasteiger partial charge in [-0.2, -0.15) is 9.40 Å². The molecule has 2 aromatic rings. The first-order valence-corrected chi connectivity index (χ1v) is 14.2. The molecule has 2 aliphatic heterocycles. The smallest absolute Gasteiger partial charge is 0.320 e. The molecule has 0 N–H and O–H groups in total. The normalized spacial score (nSPS) is 21.6. The first-order chi connectivity index (χ1) is 18.7. The van der Waals surface area contributed by atoms with Crippen LogP contribution in [0.2, 0.25) is 0 Å². The molecule has 0 amide bonds. The van der Waals surface area contributed by atoms with Gasteiger partial charge in [0.2, 0.25) is 16.9 Å². The number of likely N-dealkylation sites (tertiary alicyclic amines) is 1. The lowest BCUT2D eigenvalue weighted by Crippen LogP contribution is -2.53. The minimum atomic E-state index is -4.05. The molecule has 11 heteroatoms. The van der Waals surface area contributed by atoms with E-state index in [2.05, 4.69) is 18.3 Å². The molecule has 8 nitrogen and oxygen atoms in total.